The largest absolute Gasteiger partial charge is 0.272 e. The predicted molar refractivity (Wildman–Crippen MR) is 64.4 cm³/mol. The standard InChI is InChI=1S/C12H24N2O/c1-5-9-13(10-6-2)14(11-7-3)12(15)8-4/h8H,4-7,9-11H2,1-3H3. The molecule has 0 aromatic heterocycles. The second-order valence-corrected chi connectivity index (χ2v) is 3.62. The Kier molecular flexibility index (Phi) is 8.01. The highest BCUT2D eigenvalue weighted by Gasteiger charge is 2.16. The summed E-state index contributed by atoms with van der Waals surface area (Å²) < 4.78 is 0. The van der Waals surface area contributed by atoms with Gasteiger partial charge < -0.3 is 0 Å². The molecule has 0 rings (SSSR count). The summed E-state index contributed by atoms with van der Waals surface area (Å²) >= 11 is 0. The molecule has 0 aromatic rings. The number of nitrogens with zero attached hydrogens (tertiary/aromatic N) is 2. The van der Waals surface area contributed by atoms with Crippen LogP contribution in [-0.4, -0.2) is 35.6 Å². The molecule has 0 aliphatic carbocycles. The van der Waals surface area contributed by atoms with E-state index in [1.165, 1.54) is 6.08 Å². The van der Waals surface area contributed by atoms with Gasteiger partial charge in [-0.05, 0) is 25.3 Å². The van der Waals surface area contributed by atoms with Crippen LogP contribution in [0.25, 0.3) is 0 Å². The molecule has 3 nitrogen and oxygen atoms in total. The highest BCUT2D eigenvalue weighted by Crippen LogP contribution is 2.04. The van der Waals surface area contributed by atoms with E-state index in [0.29, 0.717) is 0 Å². The molecular weight excluding hydrogens is 188 g/mol. The van der Waals surface area contributed by atoms with Gasteiger partial charge in [0.05, 0.1) is 0 Å². The van der Waals surface area contributed by atoms with E-state index in [1.54, 1.807) is 0 Å². The van der Waals surface area contributed by atoms with Gasteiger partial charge in [-0.15, -0.1) is 0 Å². The topological polar surface area (TPSA) is 23.6 Å². The van der Waals surface area contributed by atoms with Crippen molar-refractivity contribution >= 4 is 5.91 Å². The molecule has 15 heavy (non-hydrogen) atoms. The van der Waals surface area contributed by atoms with Crippen molar-refractivity contribution in [2.24, 2.45) is 0 Å². The van der Waals surface area contributed by atoms with Crippen LogP contribution in [0.5, 0.6) is 0 Å². The van der Waals surface area contributed by atoms with Crippen LogP contribution in [0.3, 0.4) is 0 Å². The monoisotopic (exact) mass is 212 g/mol. The number of hydrogen-bond donors (Lipinski definition) is 0. The summed E-state index contributed by atoms with van der Waals surface area (Å²) in [7, 11) is 0. The Morgan fingerprint density at radius 1 is 1.07 bits per heavy atom. The number of hydrazine groups is 1. The van der Waals surface area contributed by atoms with Crippen LogP contribution in [0.2, 0.25) is 0 Å². The minimum atomic E-state index is 0.0127. The van der Waals surface area contributed by atoms with Crippen LogP contribution < -0.4 is 0 Å². The first-order valence-corrected chi connectivity index (χ1v) is 5.89. The molecule has 0 heterocycles. The van der Waals surface area contributed by atoms with Gasteiger partial charge in [0.25, 0.3) is 5.91 Å². The van der Waals surface area contributed by atoms with Crippen LogP contribution in [0, 0.1) is 0 Å². The first-order valence-electron chi connectivity index (χ1n) is 5.89. The van der Waals surface area contributed by atoms with Gasteiger partial charge in [0.15, 0.2) is 0 Å². The van der Waals surface area contributed by atoms with Gasteiger partial charge in [-0.2, -0.15) is 0 Å². The lowest BCUT2D eigenvalue weighted by molar-refractivity contribution is -0.143. The summed E-state index contributed by atoms with van der Waals surface area (Å²) in [4.78, 5) is 11.7. The fraction of sp³-hybridized carbons (Fsp3) is 0.750. The van der Waals surface area contributed by atoms with E-state index in [2.05, 4.69) is 32.4 Å². The van der Waals surface area contributed by atoms with Gasteiger partial charge in [0.1, 0.15) is 0 Å². The fourth-order valence-electron chi connectivity index (χ4n) is 1.58. The molecule has 88 valence electrons. The minimum absolute atomic E-state index is 0.0127. The Morgan fingerprint density at radius 3 is 1.87 bits per heavy atom. The maximum Gasteiger partial charge on any atom is 0.260 e. The number of rotatable bonds is 8. The number of hydrogen-bond acceptors (Lipinski definition) is 2. The molecular formula is C12H24N2O. The third kappa shape index (κ3) is 4.98. The average molecular weight is 212 g/mol. The van der Waals surface area contributed by atoms with Crippen molar-refractivity contribution in [1.29, 1.82) is 0 Å². The Labute approximate surface area is 93.7 Å². The maximum atomic E-state index is 11.7. The Hall–Kier alpha value is -0.830. The van der Waals surface area contributed by atoms with Crippen LogP contribution in [0.4, 0.5) is 0 Å². The van der Waals surface area contributed by atoms with Crippen LogP contribution in [-0.2, 0) is 4.79 Å². The van der Waals surface area contributed by atoms with Crippen LogP contribution >= 0.6 is 0 Å². The quantitative estimate of drug-likeness (QED) is 0.456. The van der Waals surface area contributed by atoms with Gasteiger partial charge in [-0.3, -0.25) is 9.80 Å². The van der Waals surface area contributed by atoms with Crippen LogP contribution in [0.1, 0.15) is 40.0 Å². The molecule has 0 N–H and O–H groups in total. The van der Waals surface area contributed by atoms with Gasteiger partial charge in [-0.25, -0.2) is 5.01 Å². The summed E-state index contributed by atoms with van der Waals surface area (Å²) in [6.45, 7) is 12.5. The normalized spacial score (nSPS) is 10.4. The molecule has 0 atom stereocenters. The molecule has 0 saturated heterocycles. The lowest BCUT2D eigenvalue weighted by atomic mass is 10.3. The Morgan fingerprint density at radius 2 is 1.53 bits per heavy atom. The molecule has 0 aliphatic heterocycles. The lowest BCUT2D eigenvalue weighted by Crippen LogP contribution is -2.47. The molecule has 0 spiro atoms. The summed E-state index contributed by atoms with van der Waals surface area (Å²) in [6, 6.07) is 0. The van der Waals surface area contributed by atoms with Crippen molar-refractivity contribution in [2.45, 2.75) is 40.0 Å². The summed E-state index contributed by atoms with van der Waals surface area (Å²) in [5, 5.41) is 3.95. The predicted octanol–water partition coefficient (Wildman–Crippen LogP) is 2.45. The van der Waals surface area contributed by atoms with Crippen molar-refractivity contribution < 1.29 is 4.79 Å². The van der Waals surface area contributed by atoms with Crippen molar-refractivity contribution in [1.82, 2.24) is 10.0 Å². The van der Waals surface area contributed by atoms with Crippen molar-refractivity contribution in [2.75, 3.05) is 19.6 Å². The van der Waals surface area contributed by atoms with E-state index in [1.807, 2.05) is 5.01 Å². The summed E-state index contributed by atoms with van der Waals surface area (Å²) in [6.07, 6.45) is 4.49. The maximum absolute atomic E-state index is 11.7. The van der Waals surface area contributed by atoms with E-state index in [9.17, 15) is 4.79 Å². The SMILES string of the molecule is C=CC(=O)N(CCC)N(CCC)CCC. The van der Waals surface area contributed by atoms with Gasteiger partial charge >= 0.3 is 0 Å². The minimum Gasteiger partial charge on any atom is -0.272 e. The first kappa shape index (κ1) is 14.2. The van der Waals surface area contributed by atoms with Crippen molar-refractivity contribution in [3.8, 4) is 0 Å². The molecule has 0 fully saturated rings. The lowest BCUT2D eigenvalue weighted by Gasteiger charge is -2.33. The molecule has 0 saturated carbocycles. The smallest absolute Gasteiger partial charge is 0.260 e. The zero-order valence-electron chi connectivity index (χ0n) is 10.3. The molecule has 0 bridgehead atoms. The van der Waals surface area contributed by atoms with Crippen molar-refractivity contribution in [3.05, 3.63) is 12.7 Å². The second kappa shape index (κ2) is 8.48. The van der Waals surface area contributed by atoms with E-state index >= 15 is 0 Å². The molecule has 3 heteroatoms. The molecule has 0 unspecified atom stereocenters. The fourth-order valence-corrected chi connectivity index (χ4v) is 1.58. The van der Waals surface area contributed by atoms with Gasteiger partial charge in [-0.1, -0.05) is 27.4 Å². The number of carbonyl (C=O) groups excluding carboxylic acids is 1. The zero-order chi connectivity index (χ0) is 11.7. The number of amides is 1. The highest BCUT2D eigenvalue weighted by atomic mass is 16.2. The van der Waals surface area contributed by atoms with E-state index < -0.39 is 0 Å². The first-order chi connectivity index (χ1) is 7.21. The van der Waals surface area contributed by atoms with Crippen LogP contribution in [0.15, 0.2) is 12.7 Å². The average Bonchev–Trinajstić information content (AvgIpc) is 2.25. The van der Waals surface area contributed by atoms with Gasteiger partial charge in [0.2, 0.25) is 0 Å². The zero-order valence-corrected chi connectivity index (χ0v) is 10.3. The third-order valence-electron chi connectivity index (χ3n) is 2.17. The second-order valence-electron chi connectivity index (χ2n) is 3.62. The third-order valence-corrected chi connectivity index (χ3v) is 2.17. The van der Waals surface area contributed by atoms with E-state index in [-0.39, 0.29) is 5.91 Å². The number of carbonyl (C=O) groups is 1. The Bertz CT molecular complexity index is 186. The summed E-state index contributed by atoms with van der Waals surface area (Å²) in [5.74, 6) is 0.0127. The molecule has 1 amide bonds. The molecule has 0 aromatic carbocycles. The van der Waals surface area contributed by atoms with Gasteiger partial charge in [0, 0.05) is 19.6 Å². The highest BCUT2D eigenvalue weighted by molar-refractivity contribution is 5.86. The van der Waals surface area contributed by atoms with Crippen molar-refractivity contribution in [3.63, 3.8) is 0 Å². The molecule has 0 radical (unpaired) electrons. The molecule has 0 aliphatic rings. The Balaban J connectivity index is 4.49. The van der Waals surface area contributed by atoms with E-state index in [0.717, 1.165) is 38.9 Å². The summed E-state index contributed by atoms with van der Waals surface area (Å²) in [5.41, 5.74) is 0. The van der Waals surface area contributed by atoms with E-state index in [4.69, 9.17) is 0 Å².